The lowest BCUT2D eigenvalue weighted by Crippen LogP contribution is -2.39. The van der Waals surface area contributed by atoms with Crippen molar-refractivity contribution in [1.82, 2.24) is 15.1 Å². The molecule has 0 fully saturated rings. The van der Waals surface area contributed by atoms with E-state index in [-0.39, 0.29) is 17.9 Å². The predicted molar refractivity (Wildman–Crippen MR) is 92.0 cm³/mol. The number of aliphatic hydroxyl groups is 1. The number of aromatic nitrogens is 2. The summed E-state index contributed by atoms with van der Waals surface area (Å²) in [6.45, 7) is 11.5. The van der Waals surface area contributed by atoms with E-state index in [1.165, 1.54) is 0 Å². The summed E-state index contributed by atoms with van der Waals surface area (Å²) in [5, 5.41) is 17.9. The SMILES string of the molecule is Cc1cc(C(C)(O)CNC(=O)c2cc(C(C)(C)C)nn2C)c(C)o1. The first-order valence-corrected chi connectivity index (χ1v) is 8.04. The molecule has 2 aromatic rings. The second kappa shape index (κ2) is 6.09. The minimum atomic E-state index is -1.21. The van der Waals surface area contributed by atoms with Crippen molar-refractivity contribution in [3.8, 4) is 0 Å². The lowest BCUT2D eigenvalue weighted by Gasteiger charge is -2.23. The van der Waals surface area contributed by atoms with Crippen LogP contribution < -0.4 is 5.32 Å². The molecule has 0 saturated carbocycles. The van der Waals surface area contributed by atoms with E-state index in [9.17, 15) is 9.90 Å². The molecule has 0 aliphatic carbocycles. The fraction of sp³-hybridized carbons (Fsp3) is 0.556. The molecular weight excluding hydrogens is 306 g/mol. The van der Waals surface area contributed by atoms with Gasteiger partial charge in [0, 0.05) is 18.0 Å². The highest BCUT2D eigenvalue weighted by Crippen LogP contribution is 2.26. The molecule has 1 unspecified atom stereocenters. The lowest BCUT2D eigenvalue weighted by atomic mass is 9.92. The second-order valence-electron chi connectivity index (χ2n) is 7.57. The first-order chi connectivity index (χ1) is 10.9. The van der Waals surface area contributed by atoms with Gasteiger partial charge < -0.3 is 14.8 Å². The molecule has 6 heteroatoms. The van der Waals surface area contributed by atoms with Crippen molar-refractivity contribution in [3.63, 3.8) is 0 Å². The number of nitrogens with zero attached hydrogens (tertiary/aromatic N) is 2. The Bertz CT molecular complexity index is 748. The van der Waals surface area contributed by atoms with Crippen LogP contribution in [-0.4, -0.2) is 27.3 Å². The molecule has 2 aromatic heterocycles. The van der Waals surface area contributed by atoms with Gasteiger partial charge in [-0.2, -0.15) is 5.10 Å². The third kappa shape index (κ3) is 3.70. The molecule has 2 heterocycles. The Kier molecular flexibility index (Phi) is 4.63. The summed E-state index contributed by atoms with van der Waals surface area (Å²) in [6, 6.07) is 3.58. The van der Waals surface area contributed by atoms with Gasteiger partial charge >= 0.3 is 0 Å². The molecule has 0 radical (unpaired) electrons. The van der Waals surface area contributed by atoms with Crippen molar-refractivity contribution in [2.24, 2.45) is 7.05 Å². The molecule has 2 rings (SSSR count). The van der Waals surface area contributed by atoms with Crippen molar-refractivity contribution in [2.45, 2.75) is 52.6 Å². The van der Waals surface area contributed by atoms with Crippen LogP contribution in [0.4, 0.5) is 0 Å². The molecule has 0 aliphatic heterocycles. The number of carbonyl (C=O) groups excluding carboxylic acids is 1. The largest absolute Gasteiger partial charge is 0.466 e. The number of carbonyl (C=O) groups is 1. The highest BCUT2D eigenvalue weighted by atomic mass is 16.3. The standard InChI is InChI=1S/C18H27N3O3/c1-11-8-13(12(2)24-11)18(6,23)10-19-16(22)14-9-15(17(3,4)5)20-21(14)7/h8-9,23H,10H2,1-7H3,(H,19,22). The van der Waals surface area contributed by atoms with Crippen molar-refractivity contribution < 1.29 is 14.3 Å². The van der Waals surface area contributed by atoms with E-state index in [0.29, 0.717) is 17.0 Å². The molecule has 24 heavy (non-hydrogen) atoms. The van der Waals surface area contributed by atoms with Crippen LogP contribution in [0.5, 0.6) is 0 Å². The van der Waals surface area contributed by atoms with E-state index >= 15 is 0 Å². The number of hydrogen-bond acceptors (Lipinski definition) is 4. The van der Waals surface area contributed by atoms with Crippen LogP contribution in [-0.2, 0) is 18.1 Å². The van der Waals surface area contributed by atoms with E-state index in [0.717, 1.165) is 11.5 Å². The number of rotatable bonds is 4. The van der Waals surface area contributed by atoms with Gasteiger partial charge in [0.05, 0.1) is 12.2 Å². The Morgan fingerprint density at radius 3 is 2.38 bits per heavy atom. The Morgan fingerprint density at radius 1 is 1.29 bits per heavy atom. The molecule has 6 nitrogen and oxygen atoms in total. The Labute approximate surface area is 142 Å². The van der Waals surface area contributed by atoms with Crippen LogP contribution in [0.3, 0.4) is 0 Å². The summed E-state index contributed by atoms with van der Waals surface area (Å²) in [5.74, 6) is 1.12. The van der Waals surface area contributed by atoms with Gasteiger partial charge in [0.2, 0.25) is 0 Å². The maximum Gasteiger partial charge on any atom is 0.269 e. The number of amides is 1. The van der Waals surface area contributed by atoms with Crippen molar-refractivity contribution in [1.29, 1.82) is 0 Å². The van der Waals surface area contributed by atoms with Gasteiger partial charge in [0.1, 0.15) is 22.8 Å². The van der Waals surface area contributed by atoms with Crippen LogP contribution >= 0.6 is 0 Å². The number of nitrogens with one attached hydrogen (secondary N) is 1. The summed E-state index contributed by atoms with van der Waals surface area (Å²) in [4.78, 5) is 12.5. The molecular formula is C18H27N3O3. The summed E-state index contributed by atoms with van der Waals surface area (Å²) in [5.41, 5.74) is 0.663. The maximum absolute atomic E-state index is 12.5. The van der Waals surface area contributed by atoms with E-state index in [1.54, 1.807) is 37.7 Å². The molecule has 1 atom stereocenters. The van der Waals surface area contributed by atoms with E-state index < -0.39 is 5.60 Å². The van der Waals surface area contributed by atoms with E-state index in [4.69, 9.17) is 4.42 Å². The molecule has 0 spiro atoms. The summed E-state index contributed by atoms with van der Waals surface area (Å²) in [6.07, 6.45) is 0. The minimum absolute atomic E-state index is 0.0850. The minimum Gasteiger partial charge on any atom is -0.466 e. The zero-order valence-corrected chi connectivity index (χ0v) is 15.5. The molecule has 0 aliphatic rings. The third-order valence-corrected chi connectivity index (χ3v) is 4.10. The average Bonchev–Trinajstić information content (AvgIpc) is 2.99. The van der Waals surface area contributed by atoms with Gasteiger partial charge in [-0.3, -0.25) is 9.48 Å². The van der Waals surface area contributed by atoms with Gasteiger partial charge in [-0.1, -0.05) is 20.8 Å². The second-order valence-corrected chi connectivity index (χ2v) is 7.57. The zero-order valence-electron chi connectivity index (χ0n) is 15.5. The molecule has 0 saturated heterocycles. The number of hydrogen-bond donors (Lipinski definition) is 2. The van der Waals surface area contributed by atoms with Crippen LogP contribution in [0.25, 0.3) is 0 Å². The average molecular weight is 333 g/mol. The van der Waals surface area contributed by atoms with Gasteiger partial charge in [-0.15, -0.1) is 0 Å². The number of aryl methyl sites for hydroxylation is 3. The van der Waals surface area contributed by atoms with Crippen LogP contribution in [0.15, 0.2) is 16.5 Å². The first kappa shape index (κ1) is 18.3. The van der Waals surface area contributed by atoms with E-state index in [1.807, 2.05) is 27.7 Å². The van der Waals surface area contributed by atoms with Crippen LogP contribution in [0, 0.1) is 13.8 Å². The maximum atomic E-state index is 12.5. The molecule has 2 N–H and O–H groups in total. The van der Waals surface area contributed by atoms with Gasteiger partial charge in [-0.05, 0) is 32.9 Å². The first-order valence-electron chi connectivity index (χ1n) is 8.04. The zero-order chi connectivity index (χ0) is 18.3. The highest BCUT2D eigenvalue weighted by molar-refractivity contribution is 5.92. The molecule has 132 valence electrons. The van der Waals surface area contributed by atoms with Gasteiger partial charge in [0.15, 0.2) is 0 Å². The van der Waals surface area contributed by atoms with Gasteiger partial charge in [0.25, 0.3) is 5.91 Å². The summed E-state index contributed by atoms with van der Waals surface area (Å²) in [7, 11) is 1.74. The number of furan rings is 1. The topological polar surface area (TPSA) is 80.3 Å². The normalized spacial score (nSPS) is 14.5. The monoisotopic (exact) mass is 333 g/mol. The van der Waals surface area contributed by atoms with Crippen LogP contribution in [0.1, 0.15) is 61.0 Å². The third-order valence-electron chi connectivity index (χ3n) is 4.10. The van der Waals surface area contributed by atoms with Crippen molar-refractivity contribution in [3.05, 3.63) is 40.6 Å². The van der Waals surface area contributed by atoms with Crippen molar-refractivity contribution in [2.75, 3.05) is 6.54 Å². The fourth-order valence-corrected chi connectivity index (χ4v) is 2.65. The molecule has 0 bridgehead atoms. The summed E-state index contributed by atoms with van der Waals surface area (Å²) >= 11 is 0. The Balaban J connectivity index is 2.13. The van der Waals surface area contributed by atoms with Gasteiger partial charge in [-0.25, -0.2) is 0 Å². The van der Waals surface area contributed by atoms with E-state index in [2.05, 4.69) is 10.4 Å². The van der Waals surface area contributed by atoms with Crippen LogP contribution in [0.2, 0.25) is 0 Å². The lowest BCUT2D eigenvalue weighted by molar-refractivity contribution is 0.0511. The van der Waals surface area contributed by atoms with Crippen molar-refractivity contribution >= 4 is 5.91 Å². The highest BCUT2D eigenvalue weighted by Gasteiger charge is 2.29. The fourth-order valence-electron chi connectivity index (χ4n) is 2.65. The quantitative estimate of drug-likeness (QED) is 0.901. The smallest absolute Gasteiger partial charge is 0.269 e. The molecule has 1 amide bonds. The Hall–Kier alpha value is -2.08. The molecule has 0 aromatic carbocycles. The summed E-state index contributed by atoms with van der Waals surface area (Å²) < 4.78 is 7.03. The predicted octanol–water partition coefficient (Wildman–Crippen LogP) is 2.56. The Morgan fingerprint density at radius 2 is 1.92 bits per heavy atom.